The molecule has 0 saturated heterocycles. The predicted molar refractivity (Wildman–Crippen MR) is 86.2 cm³/mol. The molecule has 0 spiro atoms. The summed E-state index contributed by atoms with van der Waals surface area (Å²) in [5.74, 6) is 0.00385. The molecule has 3 nitrogen and oxygen atoms in total. The molecule has 2 aromatic rings. The molecule has 0 aliphatic heterocycles. The summed E-state index contributed by atoms with van der Waals surface area (Å²) in [7, 11) is 0. The van der Waals surface area contributed by atoms with E-state index in [9.17, 15) is 4.79 Å². The molecule has 112 valence electrons. The zero-order valence-electron chi connectivity index (χ0n) is 12.7. The van der Waals surface area contributed by atoms with Gasteiger partial charge in [0.05, 0.1) is 6.42 Å². The van der Waals surface area contributed by atoms with Crippen molar-refractivity contribution in [3.8, 4) is 0 Å². The van der Waals surface area contributed by atoms with Crippen LogP contribution < -0.4 is 5.32 Å². The highest BCUT2D eigenvalue weighted by molar-refractivity contribution is 5.90. The third-order valence-corrected chi connectivity index (χ3v) is 4.12. The summed E-state index contributed by atoms with van der Waals surface area (Å²) in [6.07, 6.45) is 1.74. The van der Waals surface area contributed by atoms with E-state index in [1.54, 1.807) is 0 Å². The number of carbonyl (C=O) groups excluding carboxylic acids is 1. The van der Waals surface area contributed by atoms with Gasteiger partial charge in [-0.25, -0.2) is 0 Å². The zero-order valence-corrected chi connectivity index (χ0v) is 12.7. The van der Waals surface area contributed by atoms with E-state index in [1.165, 1.54) is 0 Å². The second kappa shape index (κ2) is 6.72. The van der Waals surface area contributed by atoms with Crippen molar-refractivity contribution in [2.24, 2.45) is 0 Å². The lowest BCUT2D eigenvalue weighted by Crippen LogP contribution is -2.46. The highest BCUT2D eigenvalue weighted by Gasteiger charge is 2.23. The number of aliphatic hydroxyl groups is 1. The molecule has 1 atom stereocenters. The third kappa shape index (κ3) is 3.82. The highest BCUT2D eigenvalue weighted by atomic mass is 16.3. The van der Waals surface area contributed by atoms with E-state index in [1.807, 2.05) is 44.2 Å². The molecule has 3 heteroatoms. The summed E-state index contributed by atoms with van der Waals surface area (Å²) in [6.45, 7) is 4.08. The number of amides is 1. The van der Waals surface area contributed by atoms with E-state index in [0.717, 1.165) is 22.8 Å². The van der Waals surface area contributed by atoms with Crippen LogP contribution in [-0.4, -0.2) is 23.2 Å². The van der Waals surface area contributed by atoms with Crippen molar-refractivity contribution in [3.63, 3.8) is 0 Å². The Morgan fingerprint density at radius 1 is 1.19 bits per heavy atom. The molecule has 21 heavy (non-hydrogen) atoms. The van der Waals surface area contributed by atoms with Crippen LogP contribution in [0.4, 0.5) is 0 Å². The van der Waals surface area contributed by atoms with Gasteiger partial charge in [0.1, 0.15) is 0 Å². The molecular formula is C18H23NO2. The molecule has 0 saturated carbocycles. The summed E-state index contributed by atoms with van der Waals surface area (Å²) >= 11 is 0. The molecule has 0 bridgehead atoms. The molecule has 2 rings (SSSR count). The monoisotopic (exact) mass is 285 g/mol. The summed E-state index contributed by atoms with van der Waals surface area (Å²) in [6, 6.07) is 14.1. The normalized spacial score (nSPS) is 13.9. The maximum absolute atomic E-state index is 12.3. The van der Waals surface area contributed by atoms with E-state index >= 15 is 0 Å². The Bertz CT molecular complexity index is 618. The van der Waals surface area contributed by atoms with Crippen molar-refractivity contribution in [1.29, 1.82) is 0 Å². The summed E-state index contributed by atoms with van der Waals surface area (Å²) in [4.78, 5) is 12.3. The standard InChI is InChI=1S/C18H23NO2/c1-3-18(2,11-12-20)19-17(21)13-15-9-6-8-14-7-4-5-10-16(14)15/h4-10,20H,3,11-13H2,1-2H3,(H,19,21). The Morgan fingerprint density at radius 3 is 2.62 bits per heavy atom. The van der Waals surface area contributed by atoms with Crippen molar-refractivity contribution in [2.75, 3.05) is 6.61 Å². The second-order valence-corrected chi connectivity index (χ2v) is 5.75. The largest absolute Gasteiger partial charge is 0.396 e. The van der Waals surface area contributed by atoms with Crippen LogP contribution in [0.3, 0.4) is 0 Å². The Hall–Kier alpha value is -1.87. The van der Waals surface area contributed by atoms with Crippen molar-refractivity contribution < 1.29 is 9.90 Å². The van der Waals surface area contributed by atoms with Crippen LogP contribution in [-0.2, 0) is 11.2 Å². The van der Waals surface area contributed by atoms with Crippen LogP contribution in [0.25, 0.3) is 10.8 Å². The van der Waals surface area contributed by atoms with Crippen molar-refractivity contribution >= 4 is 16.7 Å². The van der Waals surface area contributed by atoms with E-state index in [0.29, 0.717) is 12.8 Å². The topological polar surface area (TPSA) is 49.3 Å². The predicted octanol–water partition coefficient (Wildman–Crippen LogP) is 3.05. The van der Waals surface area contributed by atoms with Gasteiger partial charge in [-0.1, -0.05) is 49.4 Å². The van der Waals surface area contributed by atoms with Gasteiger partial charge in [-0.05, 0) is 36.1 Å². The van der Waals surface area contributed by atoms with Crippen LogP contribution in [0.5, 0.6) is 0 Å². The van der Waals surface area contributed by atoms with Crippen molar-refractivity contribution in [1.82, 2.24) is 5.32 Å². The van der Waals surface area contributed by atoms with Gasteiger partial charge in [-0.3, -0.25) is 4.79 Å². The molecule has 0 aromatic heterocycles. The van der Waals surface area contributed by atoms with Gasteiger partial charge in [-0.15, -0.1) is 0 Å². The molecule has 1 amide bonds. The minimum absolute atomic E-state index is 0.00385. The minimum atomic E-state index is -0.337. The SMILES string of the molecule is CCC(C)(CCO)NC(=O)Cc1cccc2ccccc12. The second-order valence-electron chi connectivity index (χ2n) is 5.75. The molecule has 0 heterocycles. The molecule has 1 unspecified atom stereocenters. The van der Waals surface area contributed by atoms with Crippen LogP contribution in [0.2, 0.25) is 0 Å². The lowest BCUT2D eigenvalue weighted by atomic mass is 9.94. The fraction of sp³-hybridized carbons (Fsp3) is 0.389. The molecule has 0 fully saturated rings. The Kier molecular flexibility index (Phi) is 4.97. The number of nitrogens with one attached hydrogen (secondary N) is 1. The van der Waals surface area contributed by atoms with Crippen LogP contribution in [0.15, 0.2) is 42.5 Å². The number of fused-ring (bicyclic) bond motifs is 1. The smallest absolute Gasteiger partial charge is 0.224 e. The fourth-order valence-corrected chi connectivity index (χ4v) is 2.57. The molecule has 2 aromatic carbocycles. The maximum Gasteiger partial charge on any atom is 0.224 e. The first-order valence-corrected chi connectivity index (χ1v) is 7.46. The lowest BCUT2D eigenvalue weighted by molar-refractivity contribution is -0.122. The number of hydrogen-bond acceptors (Lipinski definition) is 2. The van der Waals surface area contributed by atoms with Crippen LogP contribution >= 0.6 is 0 Å². The first-order valence-electron chi connectivity index (χ1n) is 7.46. The summed E-state index contributed by atoms with van der Waals surface area (Å²) in [5, 5.41) is 14.5. The van der Waals surface area contributed by atoms with Gasteiger partial charge < -0.3 is 10.4 Å². The Labute approximate surface area is 126 Å². The fourth-order valence-electron chi connectivity index (χ4n) is 2.57. The number of rotatable bonds is 6. The van der Waals surface area contributed by atoms with E-state index in [-0.39, 0.29) is 18.1 Å². The Morgan fingerprint density at radius 2 is 1.90 bits per heavy atom. The maximum atomic E-state index is 12.3. The number of benzene rings is 2. The van der Waals surface area contributed by atoms with Crippen molar-refractivity contribution in [2.45, 2.75) is 38.6 Å². The molecule has 0 aliphatic carbocycles. The van der Waals surface area contributed by atoms with Crippen molar-refractivity contribution in [3.05, 3.63) is 48.0 Å². The van der Waals surface area contributed by atoms with Gasteiger partial charge >= 0.3 is 0 Å². The van der Waals surface area contributed by atoms with Gasteiger partial charge in [-0.2, -0.15) is 0 Å². The third-order valence-electron chi connectivity index (χ3n) is 4.12. The molecule has 2 N–H and O–H groups in total. The number of aliphatic hydroxyl groups excluding tert-OH is 1. The average Bonchev–Trinajstić information content (AvgIpc) is 2.48. The quantitative estimate of drug-likeness (QED) is 0.857. The first kappa shape index (κ1) is 15.5. The van der Waals surface area contributed by atoms with E-state index < -0.39 is 0 Å². The van der Waals surface area contributed by atoms with Gasteiger partial charge in [0.15, 0.2) is 0 Å². The van der Waals surface area contributed by atoms with Crippen LogP contribution in [0, 0.1) is 0 Å². The first-order chi connectivity index (χ1) is 10.1. The minimum Gasteiger partial charge on any atom is -0.396 e. The number of carbonyl (C=O) groups is 1. The van der Waals surface area contributed by atoms with Gasteiger partial charge in [0.2, 0.25) is 5.91 Å². The van der Waals surface area contributed by atoms with E-state index in [2.05, 4.69) is 17.4 Å². The molecule has 0 aliphatic rings. The average molecular weight is 285 g/mol. The number of hydrogen-bond donors (Lipinski definition) is 2. The van der Waals surface area contributed by atoms with Crippen LogP contribution in [0.1, 0.15) is 32.3 Å². The van der Waals surface area contributed by atoms with Gasteiger partial charge in [0.25, 0.3) is 0 Å². The van der Waals surface area contributed by atoms with E-state index in [4.69, 9.17) is 5.11 Å². The van der Waals surface area contributed by atoms with Gasteiger partial charge in [0, 0.05) is 12.1 Å². The highest BCUT2D eigenvalue weighted by Crippen LogP contribution is 2.20. The summed E-state index contributed by atoms with van der Waals surface area (Å²) in [5.41, 5.74) is 0.698. The molecular weight excluding hydrogens is 262 g/mol. The zero-order chi connectivity index (χ0) is 15.3. The Balaban J connectivity index is 2.15. The molecule has 0 radical (unpaired) electrons. The lowest BCUT2D eigenvalue weighted by Gasteiger charge is -2.29. The summed E-state index contributed by atoms with van der Waals surface area (Å²) < 4.78 is 0.